The van der Waals surface area contributed by atoms with Crippen LogP contribution in [0.2, 0.25) is 0 Å². The van der Waals surface area contributed by atoms with Gasteiger partial charge in [-0.15, -0.1) is 0 Å². The summed E-state index contributed by atoms with van der Waals surface area (Å²) in [7, 11) is 0. The van der Waals surface area contributed by atoms with Crippen LogP contribution in [0.3, 0.4) is 0 Å². The second-order valence-corrected chi connectivity index (χ2v) is 5.56. The van der Waals surface area contributed by atoms with Crippen molar-refractivity contribution in [2.45, 2.75) is 65.0 Å². The third-order valence-corrected chi connectivity index (χ3v) is 4.19. The summed E-state index contributed by atoms with van der Waals surface area (Å²) in [6.45, 7) is 9.91. The average Bonchev–Trinajstić information content (AvgIpc) is 2.77. The van der Waals surface area contributed by atoms with Crippen molar-refractivity contribution in [3.8, 4) is 5.75 Å². The van der Waals surface area contributed by atoms with E-state index < -0.39 is 0 Å². The van der Waals surface area contributed by atoms with Crippen LogP contribution < -0.4 is 10.1 Å². The highest BCUT2D eigenvalue weighted by Crippen LogP contribution is 2.43. The van der Waals surface area contributed by atoms with Gasteiger partial charge in [0.15, 0.2) is 0 Å². The number of benzene rings is 1. The molecule has 0 aromatic heterocycles. The average molecular weight is 261 g/mol. The lowest BCUT2D eigenvalue weighted by Gasteiger charge is -2.19. The van der Waals surface area contributed by atoms with Gasteiger partial charge in [-0.25, -0.2) is 0 Å². The number of hydrogen-bond donors (Lipinski definition) is 1. The predicted octanol–water partition coefficient (Wildman–Crippen LogP) is 4.41. The Bertz CT molecular complexity index is 416. The van der Waals surface area contributed by atoms with E-state index in [-0.39, 0.29) is 0 Å². The van der Waals surface area contributed by atoms with E-state index in [9.17, 15) is 0 Å². The molecule has 1 aromatic rings. The molecule has 3 unspecified atom stereocenters. The normalized spacial score (nSPS) is 22.9. The lowest BCUT2D eigenvalue weighted by atomic mass is 9.93. The molecule has 0 fully saturated rings. The van der Waals surface area contributed by atoms with Gasteiger partial charge < -0.3 is 10.1 Å². The second-order valence-electron chi connectivity index (χ2n) is 5.56. The SMILES string of the molecule is CCCC1Oc2c(C(C)CC)cccc2C1NCC. The minimum Gasteiger partial charge on any atom is -0.488 e. The molecule has 1 aromatic carbocycles. The molecular formula is C17H27NO. The maximum Gasteiger partial charge on any atom is 0.128 e. The van der Waals surface area contributed by atoms with E-state index in [1.54, 1.807) is 0 Å². The summed E-state index contributed by atoms with van der Waals surface area (Å²) in [4.78, 5) is 0. The summed E-state index contributed by atoms with van der Waals surface area (Å²) in [6, 6.07) is 7.00. The summed E-state index contributed by atoms with van der Waals surface area (Å²) in [5.74, 6) is 1.72. The zero-order chi connectivity index (χ0) is 13.8. The molecule has 2 heteroatoms. The zero-order valence-corrected chi connectivity index (χ0v) is 12.7. The summed E-state index contributed by atoms with van der Waals surface area (Å²) in [6.07, 6.45) is 3.74. The summed E-state index contributed by atoms with van der Waals surface area (Å²) < 4.78 is 6.30. The minimum absolute atomic E-state index is 0.296. The van der Waals surface area contributed by atoms with Crippen molar-refractivity contribution in [1.82, 2.24) is 5.32 Å². The molecule has 1 heterocycles. The lowest BCUT2D eigenvalue weighted by molar-refractivity contribution is 0.177. The van der Waals surface area contributed by atoms with Crippen molar-refractivity contribution in [3.63, 3.8) is 0 Å². The van der Waals surface area contributed by atoms with Gasteiger partial charge in [0.05, 0.1) is 6.04 Å². The number of fused-ring (bicyclic) bond motifs is 1. The fourth-order valence-corrected chi connectivity index (χ4v) is 2.95. The smallest absolute Gasteiger partial charge is 0.128 e. The highest BCUT2D eigenvalue weighted by Gasteiger charge is 2.34. The molecule has 0 aliphatic carbocycles. The maximum absolute atomic E-state index is 6.30. The molecule has 0 saturated carbocycles. The minimum atomic E-state index is 0.296. The standard InChI is InChI=1S/C17H27NO/c1-5-9-15-16(18-7-3)14-11-8-10-13(12(4)6-2)17(14)19-15/h8,10-12,15-16,18H,5-7,9H2,1-4H3. The second kappa shape index (κ2) is 6.42. The van der Waals surface area contributed by atoms with Gasteiger partial charge in [0.1, 0.15) is 11.9 Å². The van der Waals surface area contributed by atoms with Crippen LogP contribution in [0, 0.1) is 0 Å². The van der Waals surface area contributed by atoms with Crippen LogP contribution in [-0.4, -0.2) is 12.6 Å². The van der Waals surface area contributed by atoms with E-state index in [1.807, 2.05) is 0 Å². The van der Waals surface area contributed by atoms with Gasteiger partial charge in [0.25, 0.3) is 0 Å². The van der Waals surface area contributed by atoms with E-state index in [1.165, 1.54) is 17.5 Å². The van der Waals surface area contributed by atoms with Crippen molar-refractivity contribution in [2.75, 3.05) is 6.54 Å². The summed E-state index contributed by atoms with van der Waals surface area (Å²) in [5.41, 5.74) is 2.74. The third-order valence-electron chi connectivity index (χ3n) is 4.19. The molecule has 0 saturated heterocycles. The quantitative estimate of drug-likeness (QED) is 0.819. The number of ether oxygens (including phenoxy) is 1. The highest BCUT2D eigenvalue weighted by molar-refractivity contribution is 5.48. The first-order valence-corrected chi connectivity index (χ1v) is 7.75. The Labute approximate surface area is 117 Å². The molecule has 1 aliphatic heterocycles. The van der Waals surface area contributed by atoms with Crippen LogP contribution in [0.25, 0.3) is 0 Å². The van der Waals surface area contributed by atoms with Crippen LogP contribution in [0.15, 0.2) is 18.2 Å². The van der Waals surface area contributed by atoms with E-state index in [0.717, 1.165) is 25.1 Å². The lowest BCUT2D eigenvalue weighted by Crippen LogP contribution is -2.30. The fraction of sp³-hybridized carbons (Fsp3) is 0.647. The molecule has 2 nitrogen and oxygen atoms in total. The molecular weight excluding hydrogens is 234 g/mol. The number of para-hydroxylation sites is 1. The van der Waals surface area contributed by atoms with Gasteiger partial charge in [-0.05, 0) is 30.9 Å². The van der Waals surface area contributed by atoms with Crippen LogP contribution in [-0.2, 0) is 0 Å². The Morgan fingerprint density at radius 2 is 2.05 bits per heavy atom. The number of nitrogens with one attached hydrogen (secondary N) is 1. The highest BCUT2D eigenvalue weighted by atomic mass is 16.5. The first-order valence-electron chi connectivity index (χ1n) is 7.75. The maximum atomic E-state index is 6.30. The topological polar surface area (TPSA) is 21.3 Å². The first kappa shape index (κ1) is 14.4. The van der Waals surface area contributed by atoms with Gasteiger partial charge in [-0.2, -0.15) is 0 Å². The Morgan fingerprint density at radius 3 is 2.68 bits per heavy atom. The van der Waals surface area contributed by atoms with Crippen molar-refractivity contribution in [1.29, 1.82) is 0 Å². The van der Waals surface area contributed by atoms with E-state index in [4.69, 9.17) is 4.74 Å². The summed E-state index contributed by atoms with van der Waals surface area (Å²) >= 11 is 0. The van der Waals surface area contributed by atoms with Gasteiger partial charge >= 0.3 is 0 Å². The molecule has 0 amide bonds. The zero-order valence-electron chi connectivity index (χ0n) is 12.7. The molecule has 1 aliphatic rings. The third kappa shape index (κ3) is 2.79. The van der Waals surface area contributed by atoms with Crippen LogP contribution >= 0.6 is 0 Å². The van der Waals surface area contributed by atoms with Gasteiger partial charge in [0, 0.05) is 5.56 Å². The molecule has 0 bridgehead atoms. The van der Waals surface area contributed by atoms with Crippen molar-refractivity contribution in [2.24, 2.45) is 0 Å². The molecule has 19 heavy (non-hydrogen) atoms. The van der Waals surface area contributed by atoms with Crippen LogP contribution in [0.1, 0.15) is 70.0 Å². The summed E-state index contributed by atoms with van der Waals surface area (Å²) in [5, 5.41) is 3.59. The van der Waals surface area contributed by atoms with Gasteiger partial charge in [0.2, 0.25) is 0 Å². The fourth-order valence-electron chi connectivity index (χ4n) is 2.95. The number of hydrogen-bond acceptors (Lipinski definition) is 2. The largest absolute Gasteiger partial charge is 0.488 e. The van der Waals surface area contributed by atoms with Gasteiger partial charge in [-0.3, -0.25) is 0 Å². The van der Waals surface area contributed by atoms with E-state index >= 15 is 0 Å². The van der Waals surface area contributed by atoms with E-state index in [2.05, 4.69) is 51.2 Å². The number of likely N-dealkylation sites (N-methyl/N-ethyl adjacent to an activating group) is 1. The van der Waals surface area contributed by atoms with Crippen LogP contribution in [0.4, 0.5) is 0 Å². The molecule has 0 radical (unpaired) electrons. The van der Waals surface area contributed by atoms with Gasteiger partial charge in [-0.1, -0.05) is 52.3 Å². The van der Waals surface area contributed by atoms with Crippen molar-refractivity contribution >= 4 is 0 Å². The van der Waals surface area contributed by atoms with Crippen LogP contribution in [0.5, 0.6) is 5.75 Å². The monoisotopic (exact) mass is 261 g/mol. The first-order chi connectivity index (χ1) is 9.22. The molecule has 106 valence electrons. The Balaban J connectivity index is 2.34. The molecule has 0 spiro atoms. The Morgan fingerprint density at radius 1 is 1.26 bits per heavy atom. The van der Waals surface area contributed by atoms with Crippen molar-refractivity contribution < 1.29 is 4.74 Å². The number of rotatable bonds is 6. The molecule has 3 atom stereocenters. The van der Waals surface area contributed by atoms with Crippen molar-refractivity contribution in [3.05, 3.63) is 29.3 Å². The molecule has 2 rings (SSSR count). The Hall–Kier alpha value is -1.02. The Kier molecular flexibility index (Phi) is 4.87. The predicted molar refractivity (Wildman–Crippen MR) is 80.9 cm³/mol. The van der Waals surface area contributed by atoms with E-state index in [0.29, 0.717) is 18.1 Å². The molecule has 1 N–H and O–H groups in total.